The van der Waals surface area contributed by atoms with E-state index in [0.717, 1.165) is 17.8 Å². The van der Waals surface area contributed by atoms with Crippen LogP contribution < -0.4 is 5.32 Å². The van der Waals surface area contributed by atoms with Gasteiger partial charge >= 0.3 is 0 Å². The third kappa shape index (κ3) is 4.23. The molecule has 184 valence electrons. The van der Waals surface area contributed by atoms with Gasteiger partial charge in [0.25, 0.3) is 0 Å². The van der Waals surface area contributed by atoms with E-state index in [9.17, 15) is 9.18 Å². The Morgan fingerprint density at radius 3 is 2.78 bits per heavy atom. The van der Waals surface area contributed by atoms with Crippen LogP contribution in [0.5, 0.6) is 0 Å². The van der Waals surface area contributed by atoms with Gasteiger partial charge in [0.1, 0.15) is 22.7 Å². The standard InChI is InChI=1S/C26H19F2N7OS/c1-2-3-22(36)31-14-8-13(11-29-12-14)15-9-16-19(10-17(15)27)34-35-23(16)26-32-18-6-7-30-25(24(18)33-26)20-4-5-21(28)37-20/h4-12H,2-3H2,1H3,(H,31,36)(H,32,33)(H,34,35). The summed E-state index contributed by atoms with van der Waals surface area (Å²) in [4.78, 5) is 29.2. The lowest BCUT2D eigenvalue weighted by Gasteiger charge is -2.08. The summed E-state index contributed by atoms with van der Waals surface area (Å²) in [5, 5.41) is 10.4. The SMILES string of the molecule is CCCC(=O)Nc1cncc(-c2cc3c(-c4nc5c(-c6ccc(F)s6)nccc5[nH]4)n[nH]c3cc2F)c1. The fraction of sp³-hybridized carbons (Fsp3) is 0.115. The Morgan fingerprint density at radius 1 is 1.08 bits per heavy atom. The number of thiophene rings is 1. The van der Waals surface area contributed by atoms with E-state index in [4.69, 9.17) is 4.98 Å². The van der Waals surface area contributed by atoms with Gasteiger partial charge in [0.2, 0.25) is 5.91 Å². The number of aromatic nitrogens is 6. The monoisotopic (exact) mass is 515 g/mol. The van der Waals surface area contributed by atoms with Gasteiger partial charge in [-0.15, -0.1) is 11.3 Å². The Kier molecular flexibility index (Phi) is 5.68. The number of imidazole rings is 1. The van der Waals surface area contributed by atoms with E-state index in [-0.39, 0.29) is 11.0 Å². The van der Waals surface area contributed by atoms with Gasteiger partial charge in [0.15, 0.2) is 11.0 Å². The number of aromatic amines is 2. The van der Waals surface area contributed by atoms with Crippen LogP contribution in [0.15, 0.2) is 55.0 Å². The van der Waals surface area contributed by atoms with Gasteiger partial charge in [-0.05, 0) is 36.8 Å². The van der Waals surface area contributed by atoms with Gasteiger partial charge in [0, 0.05) is 41.4 Å². The molecule has 0 saturated carbocycles. The average Bonchev–Trinajstić information content (AvgIpc) is 3.61. The number of nitrogens with zero attached hydrogens (tertiary/aromatic N) is 4. The quantitative estimate of drug-likeness (QED) is 0.241. The smallest absolute Gasteiger partial charge is 0.224 e. The fourth-order valence-corrected chi connectivity index (χ4v) is 4.94. The van der Waals surface area contributed by atoms with Crippen molar-refractivity contribution in [2.24, 2.45) is 0 Å². The first kappa shape index (κ1) is 22.9. The summed E-state index contributed by atoms with van der Waals surface area (Å²) in [6, 6.07) is 9.58. The minimum Gasteiger partial charge on any atom is -0.336 e. The van der Waals surface area contributed by atoms with Gasteiger partial charge in [-0.3, -0.25) is 19.9 Å². The summed E-state index contributed by atoms with van der Waals surface area (Å²) < 4.78 is 28.8. The molecule has 0 radical (unpaired) electrons. The molecule has 11 heteroatoms. The Labute approximate surface area is 212 Å². The topological polar surface area (TPSA) is 112 Å². The van der Waals surface area contributed by atoms with Crippen molar-refractivity contribution >= 4 is 44.9 Å². The molecule has 0 bridgehead atoms. The first-order valence-electron chi connectivity index (χ1n) is 11.5. The van der Waals surface area contributed by atoms with E-state index in [1.807, 2.05) is 6.92 Å². The van der Waals surface area contributed by atoms with Crippen LogP contribution >= 0.6 is 11.3 Å². The molecule has 0 spiro atoms. The third-order valence-electron chi connectivity index (χ3n) is 5.89. The van der Waals surface area contributed by atoms with Gasteiger partial charge in [-0.1, -0.05) is 6.92 Å². The van der Waals surface area contributed by atoms with Crippen molar-refractivity contribution < 1.29 is 13.6 Å². The Bertz CT molecular complexity index is 1790. The van der Waals surface area contributed by atoms with Crippen LogP contribution in [0, 0.1) is 10.9 Å². The maximum absolute atomic E-state index is 15.1. The fourth-order valence-electron chi connectivity index (χ4n) is 4.22. The zero-order valence-corrected chi connectivity index (χ0v) is 20.3. The normalized spacial score (nSPS) is 11.4. The number of anilines is 1. The molecule has 0 unspecified atom stereocenters. The van der Waals surface area contributed by atoms with E-state index in [0.29, 0.717) is 67.3 Å². The lowest BCUT2D eigenvalue weighted by atomic mass is 10.0. The molecule has 37 heavy (non-hydrogen) atoms. The van der Waals surface area contributed by atoms with Crippen LogP contribution in [0.25, 0.3) is 55.2 Å². The van der Waals surface area contributed by atoms with E-state index in [1.165, 1.54) is 18.3 Å². The number of hydrogen-bond acceptors (Lipinski definition) is 6. The number of benzene rings is 1. The first-order valence-corrected chi connectivity index (χ1v) is 12.4. The summed E-state index contributed by atoms with van der Waals surface area (Å²) in [6.45, 7) is 1.92. The van der Waals surface area contributed by atoms with Crippen molar-refractivity contribution in [2.75, 3.05) is 5.32 Å². The molecule has 0 aliphatic carbocycles. The van der Waals surface area contributed by atoms with Gasteiger partial charge < -0.3 is 10.3 Å². The van der Waals surface area contributed by atoms with Crippen LogP contribution in [-0.4, -0.2) is 36.0 Å². The summed E-state index contributed by atoms with van der Waals surface area (Å²) in [5.41, 5.74) is 4.16. The molecule has 0 aliphatic heterocycles. The molecule has 3 N–H and O–H groups in total. The van der Waals surface area contributed by atoms with Crippen molar-refractivity contribution in [3.8, 4) is 33.2 Å². The van der Waals surface area contributed by atoms with Gasteiger partial charge in [-0.25, -0.2) is 9.37 Å². The molecule has 0 fully saturated rings. The number of hydrogen-bond donors (Lipinski definition) is 3. The predicted molar refractivity (Wildman–Crippen MR) is 139 cm³/mol. The van der Waals surface area contributed by atoms with Crippen molar-refractivity contribution in [3.63, 3.8) is 0 Å². The van der Waals surface area contributed by atoms with Crippen LogP contribution in [0.2, 0.25) is 0 Å². The summed E-state index contributed by atoms with van der Waals surface area (Å²) in [7, 11) is 0. The maximum Gasteiger partial charge on any atom is 0.224 e. The first-order chi connectivity index (χ1) is 18.0. The Balaban J connectivity index is 1.43. The number of fused-ring (bicyclic) bond motifs is 2. The number of H-pyrrole nitrogens is 2. The highest BCUT2D eigenvalue weighted by Gasteiger charge is 2.19. The molecular weight excluding hydrogens is 496 g/mol. The zero-order chi connectivity index (χ0) is 25.5. The van der Waals surface area contributed by atoms with Crippen LogP contribution in [-0.2, 0) is 4.79 Å². The number of pyridine rings is 2. The molecule has 8 nitrogen and oxygen atoms in total. The molecule has 1 amide bonds. The van der Waals surface area contributed by atoms with Crippen molar-refractivity contribution in [1.82, 2.24) is 30.1 Å². The lowest BCUT2D eigenvalue weighted by molar-refractivity contribution is -0.116. The Morgan fingerprint density at radius 2 is 1.97 bits per heavy atom. The van der Waals surface area contributed by atoms with Crippen molar-refractivity contribution in [1.29, 1.82) is 0 Å². The second-order valence-corrected chi connectivity index (χ2v) is 9.49. The predicted octanol–water partition coefficient (Wildman–Crippen LogP) is 6.31. The second kappa shape index (κ2) is 9.17. The van der Waals surface area contributed by atoms with Gasteiger partial charge in [0.05, 0.1) is 27.8 Å². The molecular formula is C26H19F2N7OS. The number of carbonyl (C=O) groups excluding carboxylic acids is 1. The highest BCUT2D eigenvalue weighted by atomic mass is 32.1. The largest absolute Gasteiger partial charge is 0.336 e. The van der Waals surface area contributed by atoms with Crippen LogP contribution in [0.1, 0.15) is 19.8 Å². The van der Waals surface area contributed by atoms with Crippen molar-refractivity contribution in [3.05, 3.63) is 65.9 Å². The average molecular weight is 516 g/mol. The highest BCUT2D eigenvalue weighted by molar-refractivity contribution is 7.13. The molecule has 6 aromatic rings. The third-order valence-corrected chi connectivity index (χ3v) is 6.77. The lowest BCUT2D eigenvalue weighted by Crippen LogP contribution is -2.10. The number of rotatable bonds is 6. The Hall–Kier alpha value is -4.51. The molecule has 5 aromatic heterocycles. The van der Waals surface area contributed by atoms with Gasteiger partial charge in [-0.2, -0.15) is 9.49 Å². The zero-order valence-electron chi connectivity index (χ0n) is 19.5. The molecule has 5 heterocycles. The molecule has 0 aliphatic rings. The molecule has 0 saturated heterocycles. The molecule has 6 rings (SSSR count). The van der Waals surface area contributed by atoms with Crippen molar-refractivity contribution in [2.45, 2.75) is 19.8 Å². The van der Waals surface area contributed by atoms with Crippen LogP contribution in [0.4, 0.5) is 14.5 Å². The maximum atomic E-state index is 15.1. The second-order valence-electron chi connectivity index (χ2n) is 8.46. The number of halogens is 2. The number of amides is 1. The van der Waals surface area contributed by atoms with E-state index < -0.39 is 5.82 Å². The number of nitrogens with one attached hydrogen (secondary N) is 3. The molecule has 1 aromatic carbocycles. The summed E-state index contributed by atoms with van der Waals surface area (Å²) in [5.74, 6) is -0.125. The summed E-state index contributed by atoms with van der Waals surface area (Å²) >= 11 is 0.995. The van der Waals surface area contributed by atoms with E-state index >= 15 is 4.39 Å². The van der Waals surface area contributed by atoms with E-state index in [1.54, 1.807) is 36.7 Å². The minimum atomic E-state index is -0.461. The van der Waals surface area contributed by atoms with E-state index in [2.05, 4.69) is 30.5 Å². The van der Waals surface area contributed by atoms with Crippen LogP contribution in [0.3, 0.4) is 0 Å². The highest BCUT2D eigenvalue weighted by Crippen LogP contribution is 2.35. The summed E-state index contributed by atoms with van der Waals surface area (Å²) in [6.07, 6.45) is 5.80. The number of carbonyl (C=O) groups is 1. The minimum absolute atomic E-state index is 0.126. The molecule has 0 atom stereocenters.